The van der Waals surface area contributed by atoms with Gasteiger partial charge in [-0.2, -0.15) is 5.10 Å². The van der Waals surface area contributed by atoms with Crippen LogP contribution in [0.5, 0.6) is 5.75 Å². The molecule has 1 N–H and O–H groups in total. The van der Waals surface area contributed by atoms with Crippen molar-refractivity contribution in [2.75, 3.05) is 0 Å². The van der Waals surface area contributed by atoms with Crippen LogP contribution < -0.4 is 15.5 Å². The fourth-order valence-electron chi connectivity index (χ4n) is 3.42. The highest BCUT2D eigenvalue weighted by Crippen LogP contribution is 2.19. The molecule has 172 valence electrons. The van der Waals surface area contributed by atoms with Crippen molar-refractivity contribution in [3.63, 3.8) is 0 Å². The van der Waals surface area contributed by atoms with Crippen molar-refractivity contribution in [3.05, 3.63) is 118 Å². The standard InChI is InChI=1S/C26H23FN4O3/c1-17-14-24(32)25(30-31(17)23-8-4-3-7-22(23)27)26(33)29-18(2)20-9-11-21(12-10-20)34-16-19-6-5-13-28-15-19/h3-15,18H,16H2,1-2H3,(H,29,33). The monoisotopic (exact) mass is 458 g/mol. The molecule has 2 aromatic carbocycles. The fraction of sp³-hybridized carbons (Fsp3) is 0.154. The first-order chi connectivity index (χ1) is 16.4. The molecule has 0 bridgehead atoms. The lowest BCUT2D eigenvalue weighted by Gasteiger charge is -2.16. The third-order valence-corrected chi connectivity index (χ3v) is 5.26. The zero-order chi connectivity index (χ0) is 24.1. The van der Waals surface area contributed by atoms with E-state index in [2.05, 4.69) is 15.4 Å². The van der Waals surface area contributed by atoms with Crippen LogP contribution in [-0.4, -0.2) is 20.7 Å². The summed E-state index contributed by atoms with van der Waals surface area (Å²) >= 11 is 0. The number of carbonyl (C=O) groups is 1. The molecule has 7 nitrogen and oxygen atoms in total. The maximum Gasteiger partial charge on any atom is 0.276 e. The molecule has 0 aliphatic heterocycles. The second-order valence-electron chi connectivity index (χ2n) is 7.78. The zero-order valence-corrected chi connectivity index (χ0v) is 18.7. The number of aryl methyl sites for hydroxylation is 1. The third-order valence-electron chi connectivity index (χ3n) is 5.26. The lowest BCUT2D eigenvalue weighted by molar-refractivity contribution is 0.0931. The summed E-state index contributed by atoms with van der Waals surface area (Å²) in [6, 6.07) is 18.0. The number of amides is 1. The van der Waals surface area contributed by atoms with E-state index < -0.39 is 23.2 Å². The molecule has 0 aliphatic rings. The number of pyridine rings is 1. The molecule has 0 saturated heterocycles. The van der Waals surface area contributed by atoms with E-state index in [1.807, 2.05) is 36.4 Å². The van der Waals surface area contributed by atoms with Gasteiger partial charge >= 0.3 is 0 Å². The van der Waals surface area contributed by atoms with E-state index in [4.69, 9.17) is 4.74 Å². The Kier molecular flexibility index (Phi) is 6.77. The number of halogens is 1. The van der Waals surface area contributed by atoms with Gasteiger partial charge in [-0.1, -0.05) is 30.3 Å². The Morgan fingerprint density at radius 1 is 1.12 bits per heavy atom. The average Bonchev–Trinajstić information content (AvgIpc) is 2.84. The summed E-state index contributed by atoms with van der Waals surface area (Å²) in [6.07, 6.45) is 3.45. The molecule has 34 heavy (non-hydrogen) atoms. The van der Waals surface area contributed by atoms with E-state index in [1.165, 1.54) is 22.9 Å². The van der Waals surface area contributed by atoms with E-state index in [1.54, 1.807) is 38.4 Å². The highest BCUT2D eigenvalue weighted by Gasteiger charge is 2.19. The van der Waals surface area contributed by atoms with E-state index >= 15 is 0 Å². The van der Waals surface area contributed by atoms with Crippen molar-refractivity contribution in [2.45, 2.75) is 26.5 Å². The number of hydrogen-bond donors (Lipinski definition) is 1. The van der Waals surface area contributed by atoms with Crippen LogP contribution in [0.25, 0.3) is 5.69 Å². The summed E-state index contributed by atoms with van der Waals surface area (Å²) < 4.78 is 21.3. The number of ether oxygens (including phenoxy) is 1. The minimum absolute atomic E-state index is 0.156. The molecule has 1 amide bonds. The quantitative estimate of drug-likeness (QED) is 0.450. The molecule has 2 aromatic heterocycles. The van der Waals surface area contributed by atoms with E-state index in [9.17, 15) is 14.0 Å². The number of rotatable bonds is 7. The van der Waals surface area contributed by atoms with Gasteiger partial charge in [-0.3, -0.25) is 14.6 Å². The van der Waals surface area contributed by atoms with Gasteiger partial charge in [-0.05, 0) is 49.7 Å². The number of para-hydroxylation sites is 1. The van der Waals surface area contributed by atoms with Crippen LogP contribution in [0.4, 0.5) is 4.39 Å². The summed E-state index contributed by atoms with van der Waals surface area (Å²) in [5, 5.41) is 6.93. The number of nitrogens with one attached hydrogen (secondary N) is 1. The number of nitrogens with zero attached hydrogens (tertiary/aromatic N) is 3. The van der Waals surface area contributed by atoms with Gasteiger partial charge in [0.15, 0.2) is 5.69 Å². The lowest BCUT2D eigenvalue weighted by Crippen LogP contribution is -2.33. The van der Waals surface area contributed by atoms with Crippen molar-refractivity contribution in [2.24, 2.45) is 0 Å². The molecule has 4 aromatic rings. The molecule has 1 unspecified atom stereocenters. The Labute approximate surface area is 195 Å². The first-order valence-electron chi connectivity index (χ1n) is 10.7. The Morgan fingerprint density at radius 3 is 2.59 bits per heavy atom. The number of carbonyl (C=O) groups excluding carboxylic acids is 1. The van der Waals surface area contributed by atoms with Crippen LogP contribution in [0.2, 0.25) is 0 Å². The van der Waals surface area contributed by atoms with Gasteiger partial charge in [0, 0.05) is 29.7 Å². The summed E-state index contributed by atoms with van der Waals surface area (Å²) in [7, 11) is 0. The first-order valence-corrected chi connectivity index (χ1v) is 10.7. The Bertz CT molecular complexity index is 1350. The molecule has 0 saturated carbocycles. The second kappa shape index (κ2) is 10.1. The SMILES string of the molecule is Cc1cc(=O)c(C(=O)NC(C)c2ccc(OCc3cccnc3)cc2)nn1-c1ccccc1F. The van der Waals surface area contributed by atoms with Crippen LogP contribution in [0.1, 0.15) is 40.3 Å². The molecule has 4 rings (SSSR count). The predicted octanol–water partition coefficient (Wildman–Crippen LogP) is 4.15. The number of hydrogen-bond acceptors (Lipinski definition) is 5. The first kappa shape index (κ1) is 22.8. The van der Waals surface area contributed by atoms with Crippen LogP contribution in [0.3, 0.4) is 0 Å². The largest absolute Gasteiger partial charge is 0.489 e. The predicted molar refractivity (Wildman–Crippen MR) is 125 cm³/mol. The van der Waals surface area contributed by atoms with Gasteiger partial charge in [0.2, 0.25) is 5.43 Å². The topological polar surface area (TPSA) is 86.1 Å². The Hall–Kier alpha value is -4.33. The van der Waals surface area contributed by atoms with Gasteiger partial charge in [0.25, 0.3) is 5.91 Å². The van der Waals surface area contributed by atoms with E-state index in [0.717, 1.165) is 11.1 Å². The van der Waals surface area contributed by atoms with Crippen LogP contribution in [0, 0.1) is 12.7 Å². The highest BCUT2D eigenvalue weighted by molar-refractivity contribution is 5.92. The van der Waals surface area contributed by atoms with Gasteiger partial charge < -0.3 is 10.1 Å². The Balaban J connectivity index is 1.47. The number of benzene rings is 2. The van der Waals surface area contributed by atoms with Gasteiger partial charge in [-0.25, -0.2) is 9.07 Å². The molecule has 0 aliphatic carbocycles. The summed E-state index contributed by atoms with van der Waals surface area (Å²) in [5.41, 5.74) is 1.51. The minimum Gasteiger partial charge on any atom is -0.489 e. The molecular weight excluding hydrogens is 435 g/mol. The second-order valence-corrected chi connectivity index (χ2v) is 7.78. The molecular formula is C26H23FN4O3. The fourth-order valence-corrected chi connectivity index (χ4v) is 3.42. The van der Waals surface area contributed by atoms with Gasteiger partial charge in [-0.15, -0.1) is 0 Å². The van der Waals surface area contributed by atoms with Crippen molar-refractivity contribution in [3.8, 4) is 11.4 Å². The van der Waals surface area contributed by atoms with E-state index in [-0.39, 0.29) is 11.4 Å². The van der Waals surface area contributed by atoms with Crippen LogP contribution >= 0.6 is 0 Å². The minimum atomic E-state index is -0.639. The highest BCUT2D eigenvalue weighted by atomic mass is 19.1. The van der Waals surface area contributed by atoms with Crippen molar-refractivity contribution in [1.29, 1.82) is 0 Å². The molecule has 8 heteroatoms. The molecule has 0 radical (unpaired) electrons. The van der Waals surface area contributed by atoms with Crippen molar-refractivity contribution in [1.82, 2.24) is 20.1 Å². The average molecular weight is 458 g/mol. The Morgan fingerprint density at radius 2 is 1.88 bits per heavy atom. The lowest BCUT2D eigenvalue weighted by atomic mass is 10.1. The van der Waals surface area contributed by atoms with E-state index in [0.29, 0.717) is 18.1 Å². The van der Waals surface area contributed by atoms with Crippen molar-refractivity contribution >= 4 is 5.91 Å². The van der Waals surface area contributed by atoms with Gasteiger partial charge in [0.05, 0.1) is 6.04 Å². The molecule has 0 fully saturated rings. The van der Waals surface area contributed by atoms with Crippen LogP contribution in [-0.2, 0) is 6.61 Å². The number of aromatic nitrogens is 3. The normalized spacial score (nSPS) is 11.6. The third kappa shape index (κ3) is 5.17. The zero-order valence-electron chi connectivity index (χ0n) is 18.7. The molecule has 1 atom stereocenters. The smallest absolute Gasteiger partial charge is 0.276 e. The molecule has 2 heterocycles. The summed E-state index contributed by atoms with van der Waals surface area (Å²) in [6.45, 7) is 3.82. The maximum absolute atomic E-state index is 14.3. The van der Waals surface area contributed by atoms with Crippen LogP contribution in [0.15, 0.2) is 83.9 Å². The van der Waals surface area contributed by atoms with Crippen molar-refractivity contribution < 1.29 is 13.9 Å². The summed E-state index contributed by atoms with van der Waals surface area (Å²) in [4.78, 5) is 29.4. The molecule has 0 spiro atoms. The summed E-state index contributed by atoms with van der Waals surface area (Å²) in [5.74, 6) is -0.467. The maximum atomic E-state index is 14.3. The van der Waals surface area contributed by atoms with Gasteiger partial charge in [0.1, 0.15) is 23.9 Å².